The molecule has 0 saturated carbocycles. The topological polar surface area (TPSA) is 42.0 Å². The van der Waals surface area contributed by atoms with E-state index in [2.05, 4.69) is 36.1 Å². The van der Waals surface area contributed by atoms with Crippen LogP contribution in [-0.2, 0) is 6.54 Å². The van der Waals surface area contributed by atoms with Gasteiger partial charge in [0.2, 0.25) is 0 Å². The zero-order valence-corrected chi connectivity index (χ0v) is 16.8. The number of piperazine rings is 1. The van der Waals surface area contributed by atoms with Crippen LogP contribution in [0.3, 0.4) is 0 Å². The Kier molecular flexibility index (Phi) is 6.24. The molecule has 0 radical (unpaired) electrons. The van der Waals surface area contributed by atoms with E-state index in [4.69, 9.17) is 21.1 Å². The molecule has 0 unspecified atom stereocenters. The van der Waals surface area contributed by atoms with Gasteiger partial charge < -0.3 is 14.4 Å². The van der Waals surface area contributed by atoms with Crippen molar-refractivity contribution in [1.82, 2.24) is 9.80 Å². The van der Waals surface area contributed by atoms with Crippen molar-refractivity contribution in [3.63, 3.8) is 0 Å². The van der Waals surface area contributed by atoms with Crippen LogP contribution in [0.1, 0.15) is 21.5 Å². The summed E-state index contributed by atoms with van der Waals surface area (Å²) in [6.07, 6.45) is 0. The molecule has 0 atom stereocenters. The Balaban J connectivity index is 1.65. The molecule has 1 aliphatic heterocycles. The first-order valence-electron chi connectivity index (χ1n) is 9.01. The highest BCUT2D eigenvalue weighted by molar-refractivity contribution is 6.32. The molecule has 1 aliphatic rings. The molecule has 0 spiro atoms. The Morgan fingerprint density at radius 3 is 2.41 bits per heavy atom. The van der Waals surface area contributed by atoms with Crippen molar-refractivity contribution in [3.05, 3.63) is 58.1 Å². The number of hydrogen-bond acceptors (Lipinski definition) is 4. The summed E-state index contributed by atoms with van der Waals surface area (Å²) in [6.45, 7) is 6.13. The lowest BCUT2D eigenvalue weighted by atomic mass is 10.1. The highest BCUT2D eigenvalue weighted by atomic mass is 35.5. The van der Waals surface area contributed by atoms with Crippen molar-refractivity contribution < 1.29 is 14.3 Å². The first-order chi connectivity index (χ1) is 13.0. The minimum Gasteiger partial charge on any atom is -0.493 e. The number of aryl methyl sites for hydroxylation is 1. The van der Waals surface area contributed by atoms with E-state index in [1.807, 2.05) is 4.90 Å². The van der Waals surface area contributed by atoms with Gasteiger partial charge in [0.15, 0.2) is 11.5 Å². The normalized spacial score (nSPS) is 14.9. The quantitative estimate of drug-likeness (QED) is 0.784. The van der Waals surface area contributed by atoms with Crippen molar-refractivity contribution in [2.45, 2.75) is 13.5 Å². The van der Waals surface area contributed by atoms with Gasteiger partial charge >= 0.3 is 0 Å². The Hall–Kier alpha value is -2.24. The minimum absolute atomic E-state index is 0.0339. The third-order valence-corrected chi connectivity index (χ3v) is 5.28. The third kappa shape index (κ3) is 4.37. The van der Waals surface area contributed by atoms with E-state index < -0.39 is 0 Å². The number of methoxy groups -OCH3 is 2. The number of nitrogens with zero attached hydrogens (tertiary/aromatic N) is 2. The molecule has 0 N–H and O–H groups in total. The molecule has 2 aromatic rings. The fourth-order valence-corrected chi connectivity index (χ4v) is 3.65. The maximum absolute atomic E-state index is 12.9. The summed E-state index contributed by atoms with van der Waals surface area (Å²) in [5.74, 6) is 0.874. The standard InChI is InChI=1S/C21H25ClN2O3/c1-15-6-4-5-7-16(15)14-23-8-10-24(11-9-23)21(25)17-12-18(22)20(27-3)19(13-17)26-2/h4-7,12-13H,8-11,14H2,1-3H3. The number of ether oxygens (including phenoxy) is 2. The maximum atomic E-state index is 12.9. The van der Waals surface area contributed by atoms with Crippen LogP contribution in [0.4, 0.5) is 0 Å². The van der Waals surface area contributed by atoms with Gasteiger partial charge in [-0.05, 0) is 30.2 Å². The third-order valence-electron chi connectivity index (χ3n) is 5.00. The van der Waals surface area contributed by atoms with Crippen LogP contribution in [-0.4, -0.2) is 56.1 Å². The average molecular weight is 389 g/mol. The highest BCUT2D eigenvalue weighted by Crippen LogP contribution is 2.36. The number of carbonyl (C=O) groups is 1. The highest BCUT2D eigenvalue weighted by Gasteiger charge is 2.24. The summed E-state index contributed by atoms with van der Waals surface area (Å²) in [4.78, 5) is 17.1. The van der Waals surface area contributed by atoms with Crippen LogP contribution < -0.4 is 9.47 Å². The Morgan fingerprint density at radius 2 is 1.78 bits per heavy atom. The van der Waals surface area contributed by atoms with Gasteiger partial charge in [0.05, 0.1) is 19.2 Å². The Labute approximate surface area is 165 Å². The molecule has 0 aliphatic carbocycles. The summed E-state index contributed by atoms with van der Waals surface area (Å²) in [5, 5.41) is 0.374. The SMILES string of the molecule is COc1cc(C(=O)N2CCN(Cc3ccccc3C)CC2)cc(Cl)c1OC. The lowest BCUT2D eigenvalue weighted by Crippen LogP contribution is -2.48. The van der Waals surface area contributed by atoms with Crippen LogP contribution in [0.5, 0.6) is 11.5 Å². The number of rotatable bonds is 5. The molecule has 2 aromatic carbocycles. The van der Waals surface area contributed by atoms with E-state index in [0.29, 0.717) is 35.2 Å². The summed E-state index contributed by atoms with van der Waals surface area (Å²) >= 11 is 6.24. The van der Waals surface area contributed by atoms with E-state index in [1.54, 1.807) is 12.1 Å². The fourth-order valence-electron chi connectivity index (χ4n) is 3.36. The molecular formula is C21H25ClN2O3. The van der Waals surface area contributed by atoms with Crippen LogP contribution in [0.2, 0.25) is 5.02 Å². The van der Waals surface area contributed by atoms with E-state index in [-0.39, 0.29) is 5.91 Å². The smallest absolute Gasteiger partial charge is 0.254 e. The maximum Gasteiger partial charge on any atom is 0.254 e. The van der Waals surface area contributed by atoms with Crippen molar-refractivity contribution in [2.24, 2.45) is 0 Å². The van der Waals surface area contributed by atoms with Crippen LogP contribution in [0.25, 0.3) is 0 Å². The molecule has 5 nitrogen and oxygen atoms in total. The lowest BCUT2D eigenvalue weighted by molar-refractivity contribution is 0.0628. The van der Waals surface area contributed by atoms with Crippen LogP contribution in [0.15, 0.2) is 36.4 Å². The van der Waals surface area contributed by atoms with E-state index >= 15 is 0 Å². The van der Waals surface area contributed by atoms with Crippen LogP contribution >= 0.6 is 11.6 Å². The average Bonchev–Trinajstić information content (AvgIpc) is 2.69. The number of hydrogen-bond donors (Lipinski definition) is 0. The van der Waals surface area contributed by atoms with Gasteiger partial charge in [-0.3, -0.25) is 9.69 Å². The molecule has 1 saturated heterocycles. The lowest BCUT2D eigenvalue weighted by Gasteiger charge is -2.35. The fraction of sp³-hybridized carbons (Fsp3) is 0.381. The number of carbonyl (C=O) groups excluding carboxylic acids is 1. The Bertz CT molecular complexity index is 817. The molecule has 27 heavy (non-hydrogen) atoms. The molecule has 1 fully saturated rings. The van der Waals surface area contributed by atoms with E-state index in [9.17, 15) is 4.79 Å². The molecule has 1 heterocycles. The van der Waals surface area contributed by atoms with Gasteiger partial charge in [-0.1, -0.05) is 35.9 Å². The molecule has 1 amide bonds. The monoisotopic (exact) mass is 388 g/mol. The molecule has 3 rings (SSSR count). The van der Waals surface area contributed by atoms with E-state index in [1.165, 1.54) is 25.3 Å². The Morgan fingerprint density at radius 1 is 1.07 bits per heavy atom. The number of halogens is 1. The van der Waals surface area contributed by atoms with E-state index in [0.717, 1.165) is 19.6 Å². The summed E-state index contributed by atoms with van der Waals surface area (Å²) in [7, 11) is 3.06. The van der Waals surface area contributed by atoms with Crippen molar-refractivity contribution in [3.8, 4) is 11.5 Å². The molecular weight excluding hydrogens is 364 g/mol. The van der Waals surface area contributed by atoms with Gasteiger partial charge in [0.25, 0.3) is 5.91 Å². The van der Waals surface area contributed by atoms with Gasteiger partial charge in [-0.15, -0.1) is 0 Å². The molecule has 144 valence electrons. The van der Waals surface area contributed by atoms with Gasteiger partial charge in [-0.2, -0.15) is 0 Å². The number of amides is 1. The van der Waals surface area contributed by atoms with Gasteiger partial charge in [0.1, 0.15) is 0 Å². The first-order valence-corrected chi connectivity index (χ1v) is 9.39. The van der Waals surface area contributed by atoms with Crippen molar-refractivity contribution >= 4 is 17.5 Å². The minimum atomic E-state index is -0.0339. The second-order valence-corrected chi connectivity index (χ2v) is 7.10. The van der Waals surface area contributed by atoms with Gasteiger partial charge in [0, 0.05) is 38.3 Å². The molecule has 0 aromatic heterocycles. The summed E-state index contributed by atoms with van der Waals surface area (Å²) in [5.41, 5.74) is 3.16. The summed E-state index contributed by atoms with van der Waals surface area (Å²) in [6, 6.07) is 11.8. The molecule has 6 heteroatoms. The largest absolute Gasteiger partial charge is 0.493 e. The predicted molar refractivity (Wildman–Crippen MR) is 107 cm³/mol. The number of benzene rings is 2. The van der Waals surface area contributed by atoms with Gasteiger partial charge in [-0.25, -0.2) is 0 Å². The van der Waals surface area contributed by atoms with Crippen molar-refractivity contribution in [2.75, 3.05) is 40.4 Å². The summed E-state index contributed by atoms with van der Waals surface area (Å²) < 4.78 is 10.5. The zero-order chi connectivity index (χ0) is 19.4. The zero-order valence-electron chi connectivity index (χ0n) is 16.0. The second kappa shape index (κ2) is 8.63. The van der Waals surface area contributed by atoms with Crippen molar-refractivity contribution in [1.29, 1.82) is 0 Å². The first kappa shape index (κ1) is 19.5. The molecule has 0 bridgehead atoms. The van der Waals surface area contributed by atoms with Crippen LogP contribution in [0, 0.1) is 6.92 Å². The second-order valence-electron chi connectivity index (χ2n) is 6.69. The predicted octanol–water partition coefficient (Wildman–Crippen LogP) is 3.62.